The molecule has 1 aliphatic rings. The molecule has 1 fully saturated rings. The van der Waals surface area contributed by atoms with E-state index in [0.29, 0.717) is 17.3 Å². The minimum absolute atomic E-state index is 0.107. The second kappa shape index (κ2) is 8.69. The smallest absolute Gasteiger partial charge is 0.298 e. The zero-order chi connectivity index (χ0) is 18.5. The lowest BCUT2D eigenvalue weighted by Crippen LogP contribution is -2.30. The van der Waals surface area contributed by atoms with Gasteiger partial charge in [-0.25, -0.2) is 0 Å². The van der Waals surface area contributed by atoms with Gasteiger partial charge in [0.1, 0.15) is 4.90 Å². The summed E-state index contributed by atoms with van der Waals surface area (Å²) < 4.78 is 29.9. The molecule has 0 amide bonds. The normalized spacial score (nSPS) is 17.4. The van der Waals surface area contributed by atoms with Crippen LogP contribution in [-0.4, -0.2) is 35.1 Å². The summed E-state index contributed by atoms with van der Waals surface area (Å²) in [5.41, 5.74) is 1.01. The number of rotatable bonds is 8. The molecule has 0 aromatic heterocycles. The fourth-order valence-corrected chi connectivity index (χ4v) is 8.43. The lowest BCUT2D eigenvalue weighted by atomic mass is 9.87. The molecular formula is C19H31O4S2+. The molecule has 2 rings (SSSR count). The summed E-state index contributed by atoms with van der Waals surface area (Å²) in [6.07, 6.45) is 5.32. The molecule has 0 radical (unpaired) electrons. The first-order valence-electron chi connectivity index (χ1n) is 9.17. The number of hydrogen-bond acceptors (Lipinski definition) is 3. The van der Waals surface area contributed by atoms with Crippen LogP contribution in [0.2, 0.25) is 0 Å². The molecule has 142 valence electrons. The molecule has 6 heteroatoms. The summed E-state index contributed by atoms with van der Waals surface area (Å²) in [7, 11) is -5.57. The van der Waals surface area contributed by atoms with Gasteiger partial charge in [0.25, 0.3) is 0 Å². The molecule has 0 aliphatic heterocycles. The Kier molecular flexibility index (Phi) is 7.11. The van der Waals surface area contributed by atoms with E-state index in [0.717, 1.165) is 31.2 Å². The molecule has 0 bridgehead atoms. The molecule has 1 aromatic carbocycles. The Hall–Kier alpha value is -0.850. The van der Waals surface area contributed by atoms with Crippen molar-refractivity contribution in [1.29, 1.82) is 0 Å². The van der Waals surface area contributed by atoms with Gasteiger partial charge in [0.05, 0.1) is 5.75 Å². The Morgan fingerprint density at radius 1 is 1.04 bits per heavy atom. The average Bonchev–Trinajstić information content (AvgIpc) is 2.62. The minimum Gasteiger partial charge on any atom is -0.298 e. The van der Waals surface area contributed by atoms with E-state index in [-0.39, 0.29) is 16.6 Å². The van der Waals surface area contributed by atoms with Gasteiger partial charge in [-0.15, -0.1) is 8.42 Å². The molecule has 0 atom stereocenters. The topological polar surface area (TPSA) is 64.0 Å². The predicted molar refractivity (Wildman–Crippen MR) is 106 cm³/mol. The number of carbonyl (C=O) groups excluding carboxylic acids is 1. The van der Waals surface area contributed by atoms with Crippen LogP contribution < -0.4 is 0 Å². The molecule has 25 heavy (non-hydrogen) atoms. The van der Waals surface area contributed by atoms with Crippen LogP contribution in [-0.2, 0) is 14.9 Å². The van der Waals surface area contributed by atoms with Crippen LogP contribution in [0, 0.1) is 12.8 Å². The monoisotopic (exact) mass is 387 g/mol. The van der Waals surface area contributed by atoms with Crippen molar-refractivity contribution in [1.82, 2.24) is 0 Å². The molecule has 0 heterocycles. The maximum atomic E-state index is 12.8. The summed E-state index contributed by atoms with van der Waals surface area (Å²) in [5.74, 6) is 1.91. The summed E-state index contributed by atoms with van der Waals surface area (Å²) >= 11 is 0. The maximum Gasteiger partial charge on any atom is 0.421 e. The highest BCUT2D eigenvalue weighted by molar-refractivity contribution is 8.32. The van der Waals surface area contributed by atoms with Gasteiger partial charge < -0.3 is 0 Å². The Labute approximate surface area is 154 Å². The van der Waals surface area contributed by atoms with Gasteiger partial charge in [0, 0.05) is 17.4 Å². The molecule has 4 nitrogen and oxygen atoms in total. The lowest BCUT2D eigenvalue weighted by Gasteiger charge is -2.33. The van der Waals surface area contributed by atoms with E-state index in [1.807, 2.05) is 20.8 Å². The maximum absolute atomic E-state index is 12.8. The van der Waals surface area contributed by atoms with Gasteiger partial charge in [0.15, 0.2) is 5.78 Å². The number of aryl methyl sites for hydroxylation is 1. The first-order chi connectivity index (χ1) is 11.8. The molecular weight excluding hydrogens is 356 g/mol. The Bertz CT molecular complexity index is 670. The molecule has 0 saturated heterocycles. The van der Waals surface area contributed by atoms with Crippen LogP contribution in [0.3, 0.4) is 0 Å². The average molecular weight is 388 g/mol. The SMILES string of the molecule is CCS(CC)(CC(=O)C1CCCCC1)[OH+]S(=O)(=O)c1ccc(C)cc1. The number of benzene rings is 1. The van der Waals surface area contributed by atoms with Crippen LogP contribution in [0.25, 0.3) is 0 Å². The van der Waals surface area contributed by atoms with Crippen LogP contribution in [0.1, 0.15) is 51.5 Å². The largest absolute Gasteiger partial charge is 0.421 e. The van der Waals surface area contributed by atoms with Crippen molar-refractivity contribution >= 4 is 26.2 Å². The first kappa shape index (κ1) is 20.5. The van der Waals surface area contributed by atoms with Gasteiger partial charge in [-0.3, -0.25) is 8.42 Å². The highest BCUT2D eigenvalue weighted by Gasteiger charge is 2.38. The number of Topliss-reactive ketones (excluding diaryl/α,β-unsaturated/α-hetero) is 1. The zero-order valence-electron chi connectivity index (χ0n) is 15.5. The van der Waals surface area contributed by atoms with E-state index in [9.17, 15) is 13.2 Å². The van der Waals surface area contributed by atoms with Crippen molar-refractivity contribution in [2.75, 3.05) is 17.3 Å². The summed E-state index contributed by atoms with van der Waals surface area (Å²) in [6, 6.07) is 6.77. The second-order valence-electron chi connectivity index (χ2n) is 6.89. The lowest BCUT2D eigenvalue weighted by molar-refractivity contribution is -0.121. The molecule has 0 spiro atoms. The third-order valence-corrected chi connectivity index (χ3v) is 11.0. The van der Waals surface area contributed by atoms with E-state index in [2.05, 4.69) is 3.63 Å². The van der Waals surface area contributed by atoms with Crippen molar-refractivity contribution in [3.63, 3.8) is 0 Å². The van der Waals surface area contributed by atoms with Gasteiger partial charge in [0.2, 0.25) is 0 Å². The Morgan fingerprint density at radius 3 is 2.12 bits per heavy atom. The molecule has 0 unspecified atom stereocenters. The summed E-state index contributed by atoms with van der Waals surface area (Å²) in [4.78, 5) is 13.0. The molecule has 1 aliphatic carbocycles. The third-order valence-electron chi connectivity index (χ3n) is 5.12. The van der Waals surface area contributed by atoms with Crippen molar-refractivity contribution in [3.05, 3.63) is 29.8 Å². The standard InChI is InChI=1S/C19H30O4S2/c1-4-24(5-2,15-19(20)17-9-7-6-8-10-17)23-25(21,22)18-13-11-16(3)12-14-18/h11-14,17H,4-10,15H2,1-3H3/p+1. The van der Waals surface area contributed by atoms with Crippen LogP contribution >= 0.6 is 10.3 Å². The van der Waals surface area contributed by atoms with Crippen molar-refractivity contribution in [2.45, 2.75) is 57.8 Å². The minimum atomic E-state index is -3.73. The van der Waals surface area contributed by atoms with Crippen molar-refractivity contribution in [3.8, 4) is 0 Å². The van der Waals surface area contributed by atoms with Crippen LogP contribution in [0.4, 0.5) is 0 Å². The summed E-state index contributed by atoms with van der Waals surface area (Å²) in [6.45, 7) is 5.84. The zero-order valence-corrected chi connectivity index (χ0v) is 17.2. The van der Waals surface area contributed by atoms with Gasteiger partial charge >= 0.3 is 10.1 Å². The summed E-state index contributed by atoms with van der Waals surface area (Å²) in [5, 5.41) is 0. The first-order valence-corrected chi connectivity index (χ1v) is 12.7. The quantitative estimate of drug-likeness (QED) is 0.480. The number of hydrogen-bond donors (Lipinski definition) is 0. The van der Waals surface area contributed by atoms with Gasteiger partial charge in [-0.1, -0.05) is 50.8 Å². The van der Waals surface area contributed by atoms with E-state index in [1.165, 1.54) is 6.42 Å². The fourth-order valence-electron chi connectivity index (χ4n) is 3.31. The predicted octanol–water partition coefficient (Wildman–Crippen LogP) is 4.69. The third kappa shape index (κ3) is 5.31. The van der Waals surface area contributed by atoms with E-state index in [1.54, 1.807) is 24.3 Å². The molecule has 1 aromatic rings. The van der Waals surface area contributed by atoms with Gasteiger partial charge in [-0.2, -0.15) is 0 Å². The van der Waals surface area contributed by atoms with E-state index >= 15 is 0 Å². The molecule has 1 N–H and O–H groups in total. The second-order valence-corrected chi connectivity index (χ2v) is 12.3. The highest BCUT2D eigenvalue weighted by atomic mass is 32.3. The van der Waals surface area contributed by atoms with E-state index < -0.39 is 20.4 Å². The Morgan fingerprint density at radius 2 is 1.60 bits per heavy atom. The van der Waals surface area contributed by atoms with Crippen molar-refractivity contribution in [2.24, 2.45) is 5.92 Å². The van der Waals surface area contributed by atoms with Crippen molar-refractivity contribution < 1.29 is 16.8 Å². The fraction of sp³-hybridized carbons (Fsp3) is 0.632. The Balaban J connectivity index is 2.17. The van der Waals surface area contributed by atoms with Gasteiger partial charge in [-0.05, 0) is 42.2 Å². The number of ketones is 1. The van der Waals surface area contributed by atoms with Crippen LogP contribution in [0.5, 0.6) is 0 Å². The molecule has 1 saturated carbocycles. The number of carbonyl (C=O) groups is 1. The van der Waals surface area contributed by atoms with E-state index in [4.69, 9.17) is 0 Å². The highest BCUT2D eigenvalue weighted by Crippen LogP contribution is 2.49. The van der Waals surface area contributed by atoms with Crippen LogP contribution in [0.15, 0.2) is 29.2 Å².